The molecule has 1 saturated heterocycles. The van der Waals surface area contributed by atoms with Crippen LogP contribution in [0.25, 0.3) is 0 Å². The van der Waals surface area contributed by atoms with Crippen molar-refractivity contribution < 1.29 is 14.3 Å². The predicted molar refractivity (Wildman–Crippen MR) is 61.1 cm³/mol. The number of rotatable bonds is 4. The van der Waals surface area contributed by atoms with Gasteiger partial charge in [-0.2, -0.15) is 0 Å². The molecule has 0 bridgehead atoms. The van der Waals surface area contributed by atoms with E-state index in [9.17, 15) is 4.79 Å². The molecule has 0 radical (unpaired) electrons. The molecule has 1 aliphatic carbocycles. The van der Waals surface area contributed by atoms with E-state index in [1.807, 2.05) is 0 Å². The van der Waals surface area contributed by atoms with Gasteiger partial charge in [-0.3, -0.25) is 0 Å². The quantitative estimate of drug-likeness (QED) is 0.691. The average molecular weight is 226 g/mol. The molecule has 0 spiro atoms. The third-order valence-electron chi connectivity index (χ3n) is 3.74. The fourth-order valence-corrected chi connectivity index (χ4v) is 2.58. The molecular formula is C13H22O3. The molecule has 2 aliphatic rings. The van der Waals surface area contributed by atoms with Crippen LogP contribution >= 0.6 is 0 Å². The van der Waals surface area contributed by atoms with Crippen LogP contribution in [0.1, 0.15) is 44.9 Å². The van der Waals surface area contributed by atoms with Crippen LogP contribution < -0.4 is 0 Å². The smallest absolute Gasteiger partial charge is 0.157 e. The largest absolute Gasteiger partial charge is 0.353 e. The van der Waals surface area contributed by atoms with Crippen LogP contribution in [-0.2, 0) is 14.3 Å². The zero-order chi connectivity index (χ0) is 11.2. The van der Waals surface area contributed by atoms with Crippen molar-refractivity contribution in [1.82, 2.24) is 0 Å². The summed E-state index contributed by atoms with van der Waals surface area (Å²) in [7, 11) is 0. The molecular weight excluding hydrogens is 204 g/mol. The first-order valence-corrected chi connectivity index (χ1v) is 6.57. The zero-order valence-electron chi connectivity index (χ0n) is 9.90. The first-order valence-electron chi connectivity index (χ1n) is 6.57. The van der Waals surface area contributed by atoms with Crippen LogP contribution in [-0.4, -0.2) is 25.8 Å². The van der Waals surface area contributed by atoms with E-state index in [1.165, 1.54) is 12.8 Å². The number of carbonyl (C=O) groups is 1. The van der Waals surface area contributed by atoms with Gasteiger partial charge in [0.2, 0.25) is 0 Å². The number of hydrogen-bond donors (Lipinski definition) is 0. The van der Waals surface area contributed by atoms with E-state index in [-0.39, 0.29) is 6.29 Å². The maximum atomic E-state index is 10.6. The molecule has 3 heteroatoms. The van der Waals surface area contributed by atoms with E-state index in [0.717, 1.165) is 51.6 Å². The van der Waals surface area contributed by atoms with Crippen molar-refractivity contribution in [2.75, 3.05) is 13.2 Å². The molecule has 1 atom stereocenters. The summed E-state index contributed by atoms with van der Waals surface area (Å²) in [6, 6.07) is 0. The first kappa shape index (κ1) is 12.1. The van der Waals surface area contributed by atoms with Gasteiger partial charge in [-0.1, -0.05) is 0 Å². The Balaban J connectivity index is 1.61. The lowest BCUT2D eigenvalue weighted by molar-refractivity contribution is -0.170. The molecule has 0 amide bonds. The number of aldehydes is 1. The van der Waals surface area contributed by atoms with E-state index < -0.39 is 0 Å². The maximum absolute atomic E-state index is 10.6. The van der Waals surface area contributed by atoms with Crippen molar-refractivity contribution >= 4 is 6.29 Å². The Bertz CT molecular complexity index is 203. The fraction of sp³-hybridized carbons (Fsp3) is 0.923. The van der Waals surface area contributed by atoms with Gasteiger partial charge in [0, 0.05) is 12.5 Å². The highest BCUT2D eigenvalue weighted by atomic mass is 16.7. The molecule has 2 rings (SSSR count). The summed E-state index contributed by atoms with van der Waals surface area (Å²) in [4.78, 5) is 10.6. The topological polar surface area (TPSA) is 35.5 Å². The van der Waals surface area contributed by atoms with Crippen molar-refractivity contribution in [2.24, 2.45) is 11.8 Å². The van der Waals surface area contributed by atoms with E-state index >= 15 is 0 Å². The molecule has 0 aromatic carbocycles. The molecule has 1 aliphatic heterocycles. The summed E-state index contributed by atoms with van der Waals surface area (Å²) < 4.78 is 11.3. The van der Waals surface area contributed by atoms with Gasteiger partial charge in [0.05, 0.1) is 6.61 Å². The van der Waals surface area contributed by atoms with Crippen molar-refractivity contribution in [3.8, 4) is 0 Å². The van der Waals surface area contributed by atoms with Gasteiger partial charge in [0.25, 0.3) is 0 Å². The van der Waals surface area contributed by atoms with Gasteiger partial charge in [0.15, 0.2) is 6.29 Å². The van der Waals surface area contributed by atoms with Crippen molar-refractivity contribution in [3.63, 3.8) is 0 Å². The minimum atomic E-state index is 0.0394. The van der Waals surface area contributed by atoms with E-state index in [1.54, 1.807) is 0 Å². The van der Waals surface area contributed by atoms with E-state index in [4.69, 9.17) is 9.47 Å². The molecule has 2 fully saturated rings. The molecule has 3 nitrogen and oxygen atoms in total. The second-order valence-corrected chi connectivity index (χ2v) is 5.05. The lowest BCUT2D eigenvalue weighted by atomic mass is 9.83. The highest BCUT2D eigenvalue weighted by Crippen LogP contribution is 2.28. The lowest BCUT2D eigenvalue weighted by Gasteiger charge is -2.28. The second kappa shape index (κ2) is 6.36. The summed E-state index contributed by atoms with van der Waals surface area (Å²) in [5.41, 5.74) is 0. The highest BCUT2D eigenvalue weighted by molar-refractivity contribution is 5.53. The van der Waals surface area contributed by atoms with Crippen LogP contribution in [0.3, 0.4) is 0 Å². The summed E-state index contributed by atoms with van der Waals surface area (Å²) in [6.07, 6.45) is 8.95. The van der Waals surface area contributed by atoms with E-state index in [2.05, 4.69) is 0 Å². The Labute approximate surface area is 97.5 Å². The molecule has 92 valence electrons. The Hall–Kier alpha value is -0.410. The number of carbonyl (C=O) groups excluding carboxylic acids is 1. The average Bonchev–Trinajstić information content (AvgIpc) is 2.38. The molecule has 1 saturated carbocycles. The standard InChI is InChI=1S/C13H22O3/c14-9-11-4-6-12(7-5-11)10-16-13-3-1-2-8-15-13/h9,11-13H,1-8,10H2/t11-,12-,13?. The lowest BCUT2D eigenvalue weighted by Crippen LogP contribution is -2.26. The maximum Gasteiger partial charge on any atom is 0.157 e. The minimum absolute atomic E-state index is 0.0394. The van der Waals surface area contributed by atoms with Gasteiger partial charge in [-0.05, 0) is 50.9 Å². The Morgan fingerprint density at radius 3 is 2.56 bits per heavy atom. The third-order valence-corrected chi connectivity index (χ3v) is 3.74. The van der Waals surface area contributed by atoms with Crippen LogP contribution in [0.2, 0.25) is 0 Å². The van der Waals surface area contributed by atoms with Crippen LogP contribution in [0.5, 0.6) is 0 Å². The Morgan fingerprint density at radius 2 is 1.94 bits per heavy atom. The van der Waals surface area contributed by atoms with Gasteiger partial charge in [-0.25, -0.2) is 0 Å². The Kier molecular flexibility index (Phi) is 4.79. The van der Waals surface area contributed by atoms with Gasteiger partial charge < -0.3 is 14.3 Å². The van der Waals surface area contributed by atoms with Crippen LogP contribution in [0.15, 0.2) is 0 Å². The molecule has 0 aromatic heterocycles. The summed E-state index contributed by atoms with van der Waals surface area (Å²) in [6.45, 7) is 1.67. The second-order valence-electron chi connectivity index (χ2n) is 5.05. The molecule has 0 N–H and O–H groups in total. The fourth-order valence-electron chi connectivity index (χ4n) is 2.58. The molecule has 1 unspecified atom stereocenters. The third kappa shape index (κ3) is 3.56. The van der Waals surface area contributed by atoms with Crippen molar-refractivity contribution in [2.45, 2.75) is 51.2 Å². The van der Waals surface area contributed by atoms with Gasteiger partial charge in [-0.15, -0.1) is 0 Å². The van der Waals surface area contributed by atoms with Gasteiger partial charge in [0.1, 0.15) is 6.29 Å². The first-order chi connectivity index (χ1) is 7.88. The molecule has 1 heterocycles. The number of ether oxygens (including phenoxy) is 2. The minimum Gasteiger partial charge on any atom is -0.353 e. The summed E-state index contributed by atoms with van der Waals surface area (Å²) in [5, 5.41) is 0. The Morgan fingerprint density at radius 1 is 1.12 bits per heavy atom. The van der Waals surface area contributed by atoms with Crippen molar-refractivity contribution in [3.05, 3.63) is 0 Å². The van der Waals surface area contributed by atoms with Gasteiger partial charge >= 0.3 is 0 Å². The number of hydrogen-bond acceptors (Lipinski definition) is 3. The predicted octanol–water partition coefficient (Wildman–Crippen LogP) is 2.53. The summed E-state index contributed by atoms with van der Waals surface area (Å²) in [5.74, 6) is 0.948. The summed E-state index contributed by atoms with van der Waals surface area (Å²) >= 11 is 0. The van der Waals surface area contributed by atoms with Crippen LogP contribution in [0, 0.1) is 11.8 Å². The monoisotopic (exact) mass is 226 g/mol. The zero-order valence-corrected chi connectivity index (χ0v) is 9.90. The molecule has 0 aromatic rings. The SMILES string of the molecule is O=C[C@H]1CC[C@H](COC2CCCCO2)CC1. The van der Waals surface area contributed by atoms with Crippen LogP contribution in [0.4, 0.5) is 0 Å². The van der Waals surface area contributed by atoms with Crippen molar-refractivity contribution in [1.29, 1.82) is 0 Å². The highest BCUT2D eigenvalue weighted by Gasteiger charge is 2.22. The molecule has 16 heavy (non-hydrogen) atoms. The normalized spacial score (nSPS) is 35.9. The van der Waals surface area contributed by atoms with E-state index in [0.29, 0.717) is 11.8 Å².